The van der Waals surface area contributed by atoms with Crippen molar-refractivity contribution in [1.82, 2.24) is 15.1 Å². The molecule has 29 heavy (non-hydrogen) atoms. The van der Waals surface area contributed by atoms with Gasteiger partial charge in [-0.2, -0.15) is 0 Å². The molecule has 0 bridgehead atoms. The predicted octanol–water partition coefficient (Wildman–Crippen LogP) is 2.03. The molecule has 0 unspecified atom stereocenters. The van der Waals surface area contributed by atoms with Crippen LogP contribution in [0.15, 0.2) is 24.3 Å². The van der Waals surface area contributed by atoms with Gasteiger partial charge in [0.15, 0.2) is 17.4 Å². The summed E-state index contributed by atoms with van der Waals surface area (Å²) in [6.07, 6.45) is 0. The Labute approximate surface area is 169 Å². The van der Waals surface area contributed by atoms with Crippen LogP contribution in [0.3, 0.4) is 0 Å². The Morgan fingerprint density at radius 3 is 2.59 bits per heavy atom. The van der Waals surface area contributed by atoms with Crippen molar-refractivity contribution in [3.63, 3.8) is 0 Å². The van der Waals surface area contributed by atoms with Gasteiger partial charge in [0.05, 0.1) is 17.9 Å². The van der Waals surface area contributed by atoms with Crippen LogP contribution in [0.1, 0.15) is 20.8 Å². The summed E-state index contributed by atoms with van der Waals surface area (Å²) in [5.74, 6) is -1.19. The Balaban J connectivity index is 1.69. The number of nitrogen functional groups attached to an aromatic ring is 1. The second kappa shape index (κ2) is 8.20. The predicted molar refractivity (Wildman–Crippen MR) is 108 cm³/mol. The maximum atomic E-state index is 13.7. The molecule has 0 saturated carbocycles. The minimum Gasteiger partial charge on any atom is -0.504 e. The number of anilines is 2. The van der Waals surface area contributed by atoms with Gasteiger partial charge in [-0.3, -0.25) is 9.69 Å². The normalized spacial score (nSPS) is 15.4. The molecule has 1 aliphatic rings. The van der Waals surface area contributed by atoms with Crippen LogP contribution in [0.4, 0.5) is 15.9 Å². The molecule has 156 valence electrons. The number of carbonyl (C=O) groups excluding carboxylic acids is 1. The van der Waals surface area contributed by atoms with Crippen molar-refractivity contribution in [2.75, 3.05) is 43.4 Å². The van der Waals surface area contributed by atoms with Gasteiger partial charge in [-0.25, -0.2) is 4.39 Å². The quantitative estimate of drug-likeness (QED) is 0.748. The van der Waals surface area contributed by atoms with Crippen molar-refractivity contribution in [1.29, 1.82) is 0 Å². The van der Waals surface area contributed by atoms with Crippen molar-refractivity contribution in [2.24, 2.45) is 0 Å². The molecule has 1 saturated heterocycles. The first-order valence-electron chi connectivity index (χ1n) is 9.44. The zero-order chi connectivity index (χ0) is 21.2. The molecule has 3 rings (SSSR count). The first-order valence-corrected chi connectivity index (χ1v) is 9.44. The lowest BCUT2D eigenvalue weighted by molar-refractivity contribution is -0.156. The number of phenols is 1. The second-order valence-corrected chi connectivity index (χ2v) is 7.99. The molecule has 1 aromatic heterocycles. The highest BCUT2D eigenvalue weighted by Gasteiger charge is 2.24. The maximum Gasteiger partial charge on any atom is 0.320 e. The van der Waals surface area contributed by atoms with E-state index < -0.39 is 17.2 Å². The minimum atomic E-state index is -0.724. The largest absolute Gasteiger partial charge is 0.504 e. The highest BCUT2D eigenvalue weighted by atomic mass is 19.1. The number of nitrogens with two attached hydrogens (primary N) is 1. The first kappa shape index (κ1) is 20.8. The molecule has 1 aromatic carbocycles. The van der Waals surface area contributed by atoms with E-state index in [0.717, 1.165) is 0 Å². The number of benzene rings is 1. The number of para-hydroxylation sites is 1. The van der Waals surface area contributed by atoms with Gasteiger partial charge in [0.1, 0.15) is 5.60 Å². The highest BCUT2D eigenvalue weighted by Crippen LogP contribution is 2.33. The lowest BCUT2D eigenvalue weighted by Crippen LogP contribution is -2.49. The summed E-state index contributed by atoms with van der Waals surface area (Å²) in [4.78, 5) is 16.1. The molecule has 8 nitrogen and oxygen atoms in total. The zero-order valence-corrected chi connectivity index (χ0v) is 16.9. The van der Waals surface area contributed by atoms with Crippen LogP contribution in [-0.4, -0.2) is 64.5 Å². The number of piperazine rings is 1. The number of carbonyl (C=O) groups is 1. The molecule has 0 atom stereocenters. The van der Waals surface area contributed by atoms with Crippen molar-refractivity contribution in [2.45, 2.75) is 26.4 Å². The van der Waals surface area contributed by atoms with Gasteiger partial charge < -0.3 is 20.5 Å². The molecule has 0 aliphatic carbocycles. The molecule has 2 aromatic rings. The van der Waals surface area contributed by atoms with Crippen molar-refractivity contribution in [3.05, 3.63) is 30.1 Å². The van der Waals surface area contributed by atoms with Gasteiger partial charge in [-0.15, -0.1) is 10.2 Å². The van der Waals surface area contributed by atoms with Gasteiger partial charge in [-0.05, 0) is 39.0 Å². The molecule has 2 heterocycles. The van der Waals surface area contributed by atoms with Crippen LogP contribution >= 0.6 is 0 Å². The number of halogens is 1. The van der Waals surface area contributed by atoms with Gasteiger partial charge in [0.25, 0.3) is 0 Å². The minimum absolute atomic E-state index is 0.234. The molecular formula is C20H26FN5O3. The molecule has 1 fully saturated rings. The van der Waals surface area contributed by atoms with Crippen LogP contribution in [0.5, 0.6) is 5.75 Å². The monoisotopic (exact) mass is 403 g/mol. The molecule has 0 amide bonds. The van der Waals surface area contributed by atoms with Gasteiger partial charge in [-0.1, -0.05) is 6.07 Å². The summed E-state index contributed by atoms with van der Waals surface area (Å²) in [5.41, 5.74) is 6.76. The van der Waals surface area contributed by atoms with Gasteiger partial charge >= 0.3 is 5.97 Å². The van der Waals surface area contributed by atoms with E-state index in [4.69, 9.17) is 10.5 Å². The topological polar surface area (TPSA) is 105 Å². The van der Waals surface area contributed by atoms with Crippen molar-refractivity contribution >= 4 is 17.5 Å². The van der Waals surface area contributed by atoms with Gasteiger partial charge in [0.2, 0.25) is 0 Å². The third kappa shape index (κ3) is 5.11. The Bertz CT molecular complexity index is 892. The summed E-state index contributed by atoms with van der Waals surface area (Å²) < 4.78 is 19.0. The summed E-state index contributed by atoms with van der Waals surface area (Å²) in [7, 11) is 0. The Morgan fingerprint density at radius 1 is 1.24 bits per heavy atom. The number of ether oxygens (including phenoxy) is 1. The average Bonchev–Trinajstić information content (AvgIpc) is 2.64. The SMILES string of the molecule is CC(C)(C)OC(=O)CN1CCN(c2cc(-c3cccc(F)c3O)nnc2N)CC1. The lowest BCUT2D eigenvalue weighted by atomic mass is 10.1. The van der Waals surface area contributed by atoms with E-state index in [-0.39, 0.29) is 23.9 Å². The molecule has 9 heteroatoms. The van der Waals surface area contributed by atoms with Crippen molar-refractivity contribution in [3.8, 4) is 17.0 Å². The average molecular weight is 403 g/mol. The second-order valence-electron chi connectivity index (χ2n) is 7.99. The van der Waals surface area contributed by atoms with Crippen LogP contribution < -0.4 is 10.6 Å². The summed E-state index contributed by atoms with van der Waals surface area (Å²) in [5, 5.41) is 18.0. The highest BCUT2D eigenvalue weighted by molar-refractivity contribution is 5.74. The summed E-state index contributed by atoms with van der Waals surface area (Å²) >= 11 is 0. The number of nitrogens with zero attached hydrogens (tertiary/aromatic N) is 4. The van der Waals surface area contributed by atoms with E-state index in [1.807, 2.05) is 30.6 Å². The fraction of sp³-hybridized carbons (Fsp3) is 0.450. The number of phenolic OH excluding ortho intramolecular Hbond substituents is 1. The number of aromatic hydroxyl groups is 1. The Kier molecular flexibility index (Phi) is 5.88. The molecular weight excluding hydrogens is 377 g/mol. The molecule has 0 radical (unpaired) electrons. The summed E-state index contributed by atoms with van der Waals surface area (Å²) in [6, 6.07) is 5.94. The standard InChI is InChI=1S/C20H26FN5O3/c1-20(2,3)29-17(27)12-25-7-9-26(10-8-25)16-11-15(23-24-19(16)22)13-5-4-6-14(21)18(13)28/h4-6,11,28H,7-10,12H2,1-3H3,(H2,22,24). The molecule has 3 N–H and O–H groups in total. The Hall–Kier alpha value is -2.94. The maximum absolute atomic E-state index is 13.7. The fourth-order valence-electron chi connectivity index (χ4n) is 3.20. The first-order chi connectivity index (χ1) is 13.6. The lowest BCUT2D eigenvalue weighted by Gasteiger charge is -2.36. The van der Waals surface area contributed by atoms with E-state index in [2.05, 4.69) is 10.2 Å². The number of rotatable bonds is 4. The van der Waals surface area contributed by atoms with Crippen LogP contribution in [0, 0.1) is 5.82 Å². The number of hydrogen-bond acceptors (Lipinski definition) is 8. The number of aromatic nitrogens is 2. The van der Waals surface area contributed by atoms with Crippen LogP contribution in [0.25, 0.3) is 11.3 Å². The van der Waals surface area contributed by atoms with E-state index in [0.29, 0.717) is 37.6 Å². The third-order valence-corrected chi connectivity index (χ3v) is 4.55. The number of esters is 1. The summed E-state index contributed by atoms with van der Waals surface area (Å²) in [6.45, 7) is 8.34. The van der Waals surface area contributed by atoms with E-state index in [9.17, 15) is 14.3 Å². The van der Waals surface area contributed by atoms with Gasteiger partial charge in [0, 0.05) is 31.7 Å². The van der Waals surface area contributed by atoms with E-state index >= 15 is 0 Å². The van der Waals surface area contributed by atoms with Crippen LogP contribution in [0.2, 0.25) is 0 Å². The van der Waals surface area contributed by atoms with Crippen LogP contribution in [-0.2, 0) is 9.53 Å². The molecule has 0 spiro atoms. The zero-order valence-electron chi connectivity index (χ0n) is 16.9. The fourth-order valence-corrected chi connectivity index (χ4v) is 3.20. The molecule has 1 aliphatic heterocycles. The number of hydrogen-bond donors (Lipinski definition) is 2. The van der Waals surface area contributed by atoms with E-state index in [1.165, 1.54) is 12.1 Å². The van der Waals surface area contributed by atoms with Crippen molar-refractivity contribution < 1.29 is 19.0 Å². The smallest absolute Gasteiger partial charge is 0.320 e. The Morgan fingerprint density at radius 2 is 1.93 bits per heavy atom. The van der Waals surface area contributed by atoms with E-state index in [1.54, 1.807) is 12.1 Å². The third-order valence-electron chi connectivity index (χ3n) is 4.55.